The van der Waals surface area contributed by atoms with Crippen molar-refractivity contribution in [2.45, 2.75) is 128 Å². The van der Waals surface area contributed by atoms with Gasteiger partial charge in [-0.2, -0.15) is 13.2 Å². The predicted octanol–water partition coefficient (Wildman–Crippen LogP) is 6.31. The lowest BCUT2D eigenvalue weighted by Crippen LogP contribution is -2.31. The molecule has 0 saturated heterocycles. The smallest absolute Gasteiger partial charge is 0.480 e. The van der Waals surface area contributed by atoms with Crippen LogP contribution in [0.5, 0.6) is 0 Å². The number of halogens is 3. The van der Waals surface area contributed by atoms with Crippen LogP contribution in [0.4, 0.5) is 13.2 Å². The second-order valence-electron chi connectivity index (χ2n) is 8.62. The van der Waals surface area contributed by atoms with Gasteiger partial charge in [-0.3, -0.25) is 9.59 Å². The summed E-state index contributed by atoms with van der Waals surface area (Å²) < 4.78 is 42.2. The first kappa shape index (κ1) is 31.2. The van der Waals surface area contributed by atoms with E-state index in [0.717, 1.165) is 25.7 Å². The van der Waals surface area contributed by atoms with E-state index in [1.54, 1.807) is 0 Å². The summed E-state index contributed by atoms with van der Waals surface area (Å²) in [6.45, 7) is 1.70. The molecule has 0 aromatic heterocycles. The monoisotopic (exact) mass is 481 g/mol. The summed E-state index contributed by atoms with van der Waals surface area (Å²) >= 11 is 0. The molecule has 6 nitrogen and oxygen atoms in total. The highest BCUT2D eigenvalue weighted by molar-refractivity contribution is 5.81. The van der Waals surface area contributed by atoms with Crippen LogP contribution < -0.4 is 5.32 Å². The van der Waals surface area contributed by atoms with E-state index in [2.05, 4.69) is 17.0 Å². The Balaban J connectivity index is 4.02. The number of hydrogen-bond donors (Lipinski definition) is 2. The summed E-state index contributed by atoms with van der Waals surface area (Å²) in [6, 6.07) is 0. The molecule has 9 heteroatoms. The van der Waals surface area contributed by atoms with Crippen molar-refractivity contribution in [1.29, 1.82) is 0 Å². The number of aliphatic carboxylic acids is 1. The van der Waals surface area contributed by atoms with Gasteiger partial charge in [-0.05, 0) is 25.7 Å². The molecule has 1 unspecified atom stereocenters. The maximum Gasteiger partial charge on any atom is 0.490 e. The fraction of sp³-hybridized carbons (Fsp3) is 0.875. The minimum absolute atomic E-state index is 0.0358. The third kappa shape index (κ3) is 20.5. The molecule has 0 aromatic rings. The zero-order valence-corrected chi connectivity index (χ0v) is 20.0. The van der Waals surface area contributed by atoms with Crippen molar-refractivity contribution in [3.63, 3.8) is 0 Å². The van der Waals surface area contributed by atoms with Gasteiger partial charge >= 0.3 is 18.1 Å². The molecule has 0 rings (SSSR count). The molecular formula is C24H42F3NO5. The summed E-state index contributed by atoms with van der Waals surface area (Å²) in [4.78, 5) is 33.2. The third-order valence-electron chi connectivity index (χ3n) is 5.50. The number of alkyl halides is 3. The van der Waals surface area contributed by atoms with Crippen LogP contribution in [-0.2, 0) is 19.1 Å². The molecule has 33 heavy (non-hydrogen) atoms. The minimum Gasteiger partial charge on any atom is -0.480 e. The van der Waals surface area contributed by atoms with Crippen LogP contribution in [0.15, 0.2) is 0 Å². The number of carbonyl (C=O) groups excluding carboxylic acids is 2. The van der Waals surface area contributed by atoms with Gasteiger partial charge in [-0.1, -0.05) is 84.0 Å². The molecule has 0 bridgehead atoms. The molecule has 0 aliphatic heterocycles. The quantitative estimate of drug-likeness (QED) is 0.148. The van der Waals surface area contributed by atoms with Gasteiger partial charge in [-0.15, -0.1) is 0 Å². The SMILES string of the molecule is CCCCCCCCCCCCCCCC(CCCC(=O)NCC(=O)O)OC(=O)C(F)(F)F. The van der Waals surface area contributed by atoms with E-state index in [1.165, 1.54) is 51.4 Å². The maximum atomic E-state index is 12.5. The molecule has 1 atom stereocenters. The standard InChI is InChI=1S/C24H42F3NO5/c1-2-3-4-5-6-7-8-9-10-11-12-13-14-16-20(33-23(32)24(25,26)27)17-15-18-21(29)28-19-22(30)31/h20H,2-19H2,1H3,(H,28,29)(H,30,31). The first-order valence-corrected chi connectivity index (χ1v) is 12.4. The van der Waals surface area contributed by atoms with Crippen molar-refractivity contribution in [1.82, 2.24) is 5.32 Å². The Hall–Kier alpha value is -1.80. The van der Waals surface area contributed by atoms with Crippen molar-refractivity contribution in [3.05, 3.63) is 0 Å². The first-order chi connectivity index (χ1) is 15.7. The normalized spacial score (nSPS) is 12.4. The summed E-state index contributed by atoms with van der Waals surface area (Å²) in [5.41, 5.74) is 0. The molecule has 0 fully saturated rings. The summed E-state index contributed by atoms with van der Waals surface area (Å²) in [5.74, 6) is -3.89. The van der Waals surface area contributed by atoms with Crippen molar-refractivity contribution < 1.29 is 37.4 Å². The number of rotatable bonds is 21. The van der Waals surface area contributed by atoms with Gasteiger partial charge in [0.15, 0.2) is 0 Å². The molecule has 0 saturated carbocycles. The van der Waals surface area contributed by atoms with E-state index in [0.29, 0.717) is 12.8 Å². The Morgan fingerprint density at radius 1 is 0.788 bits per heavy atom. The molecule has 0 radical (unpaired) electrons. The molecule has 0 aromatic carbocycles. The van der Waals surface area contributed by atoms with E-state index in [1.807, 2.05) is 0 Å². The average molecular weight is 482 g/mol. The van der Waals surface area contributed by atoms with E-state index >= 15 is 0 Å². The molecule has 0 aliphatic rings. The maximum absolute atomic E-state index is 12.5. The first-order valence-electron chi connectivity index (χ1n) is 12.4. The second-order valence-corrected chi connectivity index (χ2v) is 8.62. The van der Waals surface area contributed by atoms with Gasteiger partial charge in [0.05, 0.1) is 0 Å². The number of carbonyl (C=O) groups is 3. The van der Waals surface area contributed by atoms with Crippen molar-refractivity contribution in [3.8, 4) is 0 Å². The Labute approximate surface area is 196 Å². The topological polar surface area (TPSA) is 92.7 Å². The van der Waals surface area contributed by atoms with Gasteiger partial charge in [0.25, 0.3) is 0 Å². The Morgan fingerprint density at radius 3 is 1.70 bits per heavy atom. The molecule has 0 spiro atoms. The number of nitrogens with one attached hydrogen (secondary N) is 1. The number of esters is 1. The molecular weight excluding hydrogens is 439 g/mol. The fourth-order valence-electron chi connectivity index (χ4n) is 3.62. The Morgan fingerprint density at radius 2 is 1.24 bits per heavy atom. The fourth-order valence-corrected chi connectivity index (χ4v) is 3.62. The Kier molecular flexibility index (Phi) is 18.6. The van der Waals surface area contributed by atoms with E-state index in [4.69, 9.17) is 5.11 Å². The van der Waals surface area contributed by atoms with Gasteiger partial charge < -0.3 is 15.2 Å². The van der Waals surface area contributed by atoms with Crippen LogP contribution in [-0.4, -0.2) is 41.8 Å². The van der Waals surface area contributed by atoms with Crippen molar-refractivity contribution in [2.24, 2.45) is 0 Å². The number of unbranched alkanes of at least 4 members (excludes halogenated alkanes) is 12. The van der Waals surface area contributed by atoms with Gasteiger partial charge in [-0.25, -0.2) is 4.79 Å². The van der Waals surface area contributed by atoms with Crippen LogP contribution >= 0.6 is 0 Å². The second kappa shape index (κ2) is 19.6. The Bertz CT molecular complexity index is 541. The summed E-state index contributed by atoms with van der Waals surface area (Å²) in [7, 11) is 0. The van der Waals surface area contributed by atoms with Crippen LogP contribution in [0.2, 0.25) is 0 Å². The van der Waals surface area contributed by atoms with Crippen molar-refractivity contribution >= 4 is 17.8 Å². The zero-order valence-electron chi connectivity index (χ0n) is 20.0. The lowest BCUT2D eigenvalue weighted by Gasteiger charge is -2.18. The van der Waals surface area contributed by atoms with E-state index < -0.39 is 36.7 Å². The van der Waals surface area contributed by atoms with Crippen LogP contribution in [0.1, 0.15) is 116 Å². The van der Waals surface area contributed by atoms with Gasteiger partial charge in [0, 0.05) is 6.42 Å². The van der Waals surface area contributed by atoms with E-state index in [-0.39, 0.29) is 19.3 Å². The van der Waals surface area contributed by atoms with Gasteiger partial charge in [0.1, 0.15) is 12.6 Å². The molecule has 194 valence electrons. The van der Waals surface area contributed by atoms with Gasteiger partial charge in [0.2, 0.25) is 5.91 Å². The van der Waals surface area contributed by atoms with Crippen LogP contribution in [0.25, 0.3) is 0 Å². The minimum atomic E-state index is -5.05. The molecule has 0 heterocycles. The number of carboxylic acid groups (broad SMARTS) is 1. The number of ether oxygens (including phenoxy) is 1. The van der Waals surface area contributed by atoms with Crippen molar-refractivity contribution in [2.75, 3.05) is 6.54 Å². The molecule has 0 aliphatic carbocycles. The summed E-state index contributed by atoms with van der Waals surface area (Å²) in [5, 5.41) is 10.7. The van der Waals surface area contributed by atoms with E-state index in [9.17, 15) is 27.6 Å². The predicted molar refractivity (Wildman–Crippen MR) is 121 cm³/mol. The molecule has 2 N–H and O–H groups in total. The average Bonchev–Trinajstić information content (AvgIpc) is 2.74. The highest BCUT2D eigenvalue weighted by Crippen LogP contribution is 2.22. The number of hydrogen-bond acceptors (Lipinski definition) is 4. The lowest BCUT2D eigenvalue weighted by atomic mass is 10.0. The third-order valence-corrected chi connectivity index (χ3v) is 5.50. The summed E-state index contributed by atoms with van der Waals surface area (Å²) in [6.07, 6.45) is 9.69. The largest absolute Gasteiger partial charge is 0.490 e. The zero-order chi connectivity index (χ0) is 25.0. The van der Waals surface area contributed by atoms with Crippen LogP contribution in [0, 0.1) is 0 Å². The highest BCUT2D eigenvalue weighted by atomic mass is 19.4. The number of carboxylic acids is 1. The lowest BCUT2D eigenvalue weighted by molar-refractivity contribution is -0.205. The van der Waals surface area contributed by atoms with Crippen LogP contribution in [0.3, 0.4) is 0 Å². The number of amides is 1. The highest BCUT2D eigenvalue weighted by Gasteiger charge is 2.42. The molecule has 1 amide bonds.